The van der Waals surface area contributed by atoms with Crippen LogP contribution in [0.1, 0.15) is 52.3 Å². The second-order valence-electron chi connectivity index (χ2n) is 13.0. The number of benzene rings is 5. The number of nitrogens with two attached hydrogens (primary N) is 7. The molecule has 340 valence electrons. The molecule has 3 unspecified atom stereocenters. The van der Waals surface area contributed by atoms with Gasteiger partial charge in [0, 0.05) is 45.2 Å². The number of methoxy groups -OCH3 is 1. The lowest BCUT2D eigenvalue weighted by Gasteiger charge is -2.15. The first kappa shape index (κ1) is 58.3. The molecule has 5 aromatic carbocycles. The van der Waals surface area contributed by atoms with Gasteiger partial charge < -0.3 is 65.3 Å². The van der Waals surface area contributed by atoms with Crippen LogP contribution in [0.2, 0.25) is 0 Å². The maximum Gasteiger partial charge on any atom is 0.400 e. The van der Waals surface area contributed by atoms with Gasteiger partial charge in [0.25, 0.3) is 0 Å². The van der Waals surface area contributed by atoms with E-state index in [1.54, 1.807) is 14.0 Å². The fourth-order valence-corrected chi connectivity index (χ4v) is 4.21. The Kier molecular flexibility index (Phi) is 35.4. The highest BCUT2D eigenvalue weighted by atomic mass is 19.4. The third kappa shape index (κ3) is 31.7. The number of aliphatic hydroxyl groups is 4. The van der Waals surface area contributed by atoms with E-state index in [1.807, 2.05) is 66.7 Å². The summed E-state index contributed by atoms with van der Waals surface area (Å²) in [5.74, 6) is 1.18. The van der Waals surface area contributed by atoms with Crippen LogP contribution in [-0.4, -0.2) is 85.3 Å². The summed E-state index contributed by atoms with van der Waals surface area (Å²) in [5, 5.41) is 33.7. The largest absolute Gasteiger partial charge is 0.497 e. The van der Waals surface area contributed by atoms with Crippen LogP contribution in [-0.2, 0) is 13.1 Å². The van der Waals surface area contributed by atoms with Gasteiger partial charge in [-0.05, 0) is 53.8 Å². The van der Waals surface area contributed by atoms with Crippen LogP contribution in [0.3, 0.4) is 0 Å². The van der Waals surface area contributed by atoms with Crippen molar-refractivity contribution in [1.82, 2.24) is 0 Å². The van der Waals surface area contributed by atoms with Crippen LogP contribution >= 0.6 is 0 Å². The lowest BCUT2D eigenvalue weighted by Crippen LogP contribution is -2.22. The van der Waals surface area contributed by atoms with Crippen molar-refractivity contribution in [3.8, 4) is 5.75 Å². The number of alkyl halides is 3. The number of aliphatic hydroxyl groups excluding tert-OH is 4. The maximum atomic E-state index is 10.7. The Bertz CT molecular complexity index is 1610. The number of rotatable bonds is 11. The Hall–Kier alpha value is -4.75. The Balaban J connectivity index is 0. The average Bonchev–Trinajstić information content (AvgIpc) is 3.31. The Labute approximate surface area is 360 Å². The summed E-state index contributed by atoms with van der Waals surface area (Å²) in [6, 6.07) is 46.2. The number of aryl methyl sites for hydroxylation is 1. The smallest absolute Gasteiger partial charge is 0.400 e. The number of halogens is 3. The van der Waals surface area contributed by atoms with Crippen molar-refractivity contribution in [1.29, 1.82) is 0 Å². The monoisotopic (exact) mass is 858 g/mol. The van der Waals surface area contributed by atoms with Crippen molar-refractivity contribution in [2.75, 3.05) is 46.4 Å². The molecule has 15 heteroatoms. The summed E-state index contributed by atoms with van der Waals surface area (Å²) >= 11 is 0. The van der Waals surface area contributed by atoms with E-state index in [1.165, 1.54) is 22.3 Å². The predicted octanol–water partition coefficient (Wildman–Crippen LogP) is 4.20. The molecule has 12 nitrogen and oxygen atoms in total. The fraction of sp³-hybridized carbons (Fsp3) is 0.348. The first-order chi connectivity index (χ1) is 29.1. The molecular formula is C46H70F3N7O5. The number of hydrogen-bond acceptors (Lipinski definition) is 12. The minimum Gasteiger partial charge on any atom is -0.497 e. The van der Waals surface area contributed by atoms with Gasteiger partial charge in [0.05, 0.1) is 38.6 Å². The van der Waals surface area contributed by atoms with E-state index in [4.69, 9.17) is 54.5 Å². The lowest BCUT2D eigenvalue weighted by molar-refractivity contribution is -0.118. The van der Waals surface area contributed by atoms with Crippen molar-refractivity contribution in [3.63, 3.8) is 0 Å². The fourth-order valence-electron chi connectivity index (χ4n) is 4.21. The van der Waals surface area contributed by atoms with E-state index in [-0.39, 0.29) is 25.8 Å². The lowest BCUT2D eigenvalue weighted by atomic mass is 9.92. The minimum atomic E-state index is -4.18. The molecule has 0 aliphatic rings. The molecule has 0 aliphatic heterocycles. The summed E-state index contributed by atoms with van der Waals surface area (Å²) in [4.78, 5) is 0. The maximum absolute atomic E-state index is 10.7. The van der Waals surface area contributed by atoms with E-state index >= 15 is 0 Å². The Morgan fingerprint density at radius 2 is 0.902 bits per heavy atom. The van der Waals surface area contributed by atoms with Gasteiger partial charge in [0.1, 0.15) is 5.75 Å². The Morgan fingerprint density at radius 3 is 1.15 bits per heavy atom. The molecule has 0 radical (unpaired) electrons. The highest BCUT2D eigenvalue weighted by Crippen LogP contribution is 2.22. The molecule has 3 atom stereocenters. The van der Waals surface area contributed by atoms with Gasteiger partial charge in [-0.15, -0.1) is 0 Å². The Morgan fingerprint density at radius 1 is 0.541 bits per heavy atom. The average molecular weight is 858 g/mol. The standard InChI is InChI=1S/C14H15N.2C8H11NO.C8H11N.C3H9NO2.C3H9NO.C2H4F3N/c15-11-14(12-7-3-1-4-8-12)13-9-5-2-6-10-13;1-10-8-4-2-7(6-9)3-5-8;9-6-8(10)7-4-2-1-3-5-7;1-7-2-4-8(6-9)5-3-7;4-1-3(6)2-5;1-3(5)2-4;3-2(4,5)1-6/h1-10,14H,11,15H2;2-5H,6,9H2,1H3;1-5,8,10H,6,9H2;2-5H,6,9H2,1H3;3,5-6H,1-2,4H2;3,5H,2,4H2,1H3;1,6H2. The van der Waals surface area contributed by atoms with E-state index in [0.29, 0.717) is 32.1 Å². The first-order valence-corrected chi connectivity index (χ1v) is 19.5. The third-order valence-electron chi connectivity index (χ3n) is 7.85. The van der Waals surface area contributed by atoms with E-state index in [2.05, 4.69) is 85.5 Å². The summed E-state index contributed by atoms with van der Waals surface area (Å²) < 4.78 is 37.0. The SMILES string of the molecule is CC(O)CN.COc1ccc(CN)cc1.Cc1ccc(CN)cc1.NCC(F)(F)F.NCC(O)CO.NCC(O)c1ccccc1.NCC(c1ccccc1)c1ccccc1. The molecule has 0 saturated carbocycles. The normalized spacial score (nSPS) is 11.5. The quantitative estimate of drug-likeness (QED) is 0.0893. The van der Waals surface area contributed by atoms with Crippen LogP contribution in [0.15, 0.2) is 140 Å². The van der Waals surface area contributed by atoms with Crippen molar-refractivity contribution in [3.05, 3.63) is 173 Å². The van der Waals surface area contributed by atoms with Crippen molar-refractivity contribution >= 4 is 0 Å². The molecule has 0 saturated heterocycles. The zero-order valence-corrected chi connectivity index (χ0v) is 35.6. The topological polar surface area (TPSA) is 272 Å². The van der Waals surface area contributed by atoms with Gasteiger partial charge in [-0.25, -0.2) is 0 Å². The third-order valence-corrected chi connectivity index (χ3v) is 7.85. The highest BCUT2D eigenvalue weighted by Gasteiger charge is 2.23. The number of ether oxygens (including phenoxy) is 1. The second-order valence-corrected chi connectivity index (χ2v) is 13.0. The summed E-state index contributed by atoms with van der Waals surface area (Å²) in [6.07, 6.45) is -5.76. The zero-order valence-electron chi connectivity index (χ0n) is 35.6. The number of hydrogen-bond donors (Lipinski definition) is 11. The van der Waals surface area contributed by atoms with Crippen molar-refractivity contribution in [2.45, 2.75) is 57.3 Å². The molecule has 0 heterocycles. The van der Waals surface area contributed by atoms with Crippen molar-refractivity contribution < 1.29 is 38.3 Å². The van der Waals surface area contributed by atoms with Crippen LogP contribution < -0.4 is 44.9 Å². The van der Waals surface area contributed by atoms with Crippen LogP contribution in [0.25, 0.3) is 0 Å². The van der Waals surface area contributed by atoms with E-state index < -0.39 is 24.9 Å². The van der Waals surface area contributed by atoms with Crippen molar-refractivity contribution in [2.24, 2.45) is 40.1 Å². The molecule has 0 aromatic heterocycles. The summed E-state index contributed by atoms with van der Waals surface area (Å²) in [5.41, 5.74) is 42.9. The van der Waals surface area contributed by atoms with Crippen LogP contribution in [0.5, 0.6) is 5.75 Å². The van der Waals surface area contributed by atoms with Gasteiger partial charge in [0.2, 0.25) is 0 Å². The molecule has 0 bridgehead atoms. The highest BCUT2D eigenvalue weighted by molar-refractivity contribution is 5.32. The minimum absolute atomic E-state index is 0.135. The van der Waals surface area contributed by atoms with Crippen LogP contribution in [0, 0.1) is 6.92 Å². The predicted molar refractivity (Wildman–Crippen MR) is 242 cm³/mol. The molecule has 18 N–H and O–H groups in total. The zero-order chi connectivity index (χ0) is 46.5. The molecule has 0 spiro atoms. The molecule has 0 aliphatic carbocycles. The molecule has 0 amide bonds. The summed E-state index contributed by atoms with van der Waals surface area (Å²) in [6.45, 7) is 4.91. The van der Waals surface area contributed by atoms with E-state index in [0.717, 1.165) is 16.9 Å². The van der Waals surface area contributed by atoms with Gasteiger partial charge in [-0.3, -0.25) is 0 Å². The van der Waals surface area contributed by atoms with Crippen LogP contribution in [0.4, 0.5) is 13.2 Å². The molecule has 61 heavy (non-hydrogen) atoms. The van der Waals surface area contributed by atoms with Gasteiger partial charge in [0.15, 0.2) is 0 Å². The van der Waals surface area contributed by atoms with Gasteiger partial charge >= 0.3 is 6.18 Å². The molecule has 5 rings (SSSR count). The second kappa shape index (κ2) is 37.0. The van der Waals surface area contributed by atoms with Gasteiger partial charge in [-0.2, -0.15) is 13.2 Å². The van der Waals surface area contributed by atoms with Gasteiger partial charge in [-0.1, -0.05) is 133 Å². The molecule has 0 fully saturated rings. The first-order valence-electron chi connectivity index (χ1n) is 19.5. The molecule has 5 aromatic rings. The van der Waals surface area contributed by atoms with E-state index in [9.17, 15) is 18.3 Å². The molecular weight excluding hydrogens is 788 g/mol. The summed E-state index contributed by atoms with van der Waals surface area (Å²) in [7, 11) is 1.65.